The van der Waals surface area contributed by atoms with Crippen molar-refractivity contribution in [1.82, 2.24) is 10.3 Å². The van der Waals surface area contributed by atoms with Crippen molar-refractivity contribution in [2.24, 2.45) is 5.10 Å². The van der Waals surface area contributed by atoms with Crippen molar-refractivity contribution in [3.8, 4) is 17.1 Å². The third kappa shape index (κ3) is 3.73. The van der Waals surface area contributed by atoms with Gasteiger partial charge in [0.1, 0.15) is 17.3 Å². The maximum Gasteiger partial charge on any atom is 0.314 e. The molecule has 0 saturated carbocycles. The van der Waals surface area contributed by atoms with Crippen molar-refractivity contribution in [3.63, 3.8) is 0 Å². The second kappa shape index (κ2) is 8.98. The van der Waals surface area contributed by atoms with Crippen molar-refractivity contribution < 1.29 is 13.9 Å². The lowest BCUT2D eigenvalue weighted by Gasteiger charge is -2.44. The molecular formula is C29H19Cl2N3O3S. The lowest BCUT2D eigenvalue weighted by molar-refractivity contribution is -0.0949. The van der Waals surface area contributed by atoms with E-state index in [1.54, 1.807) is 6.07 Å². The Bertz CT molecular complexity index is 1650. The largest absolute Gasteiger partial charge is 0.457 e. The van der Waals surface area contributed by atoms with E-state index in [1.165, 1.54) is 0 Å². The molecule has 9 heteroatoms. The Morgan fingerprint density at radius 1 is 1.00 bits per heavy atom. The van der Waals surface area contributed by atoms with Gasteiger partial charge in [-0.25, -0.2) is 5.01 Å². The van der Waals surface area contributed by atoms with Crippen molar-refractivity contribution in [1.29, 1.82) is 0 Å². The van der Waals surface area contributed by atoms with Crippen LogP contribution in [-0.4, -0.2) is 21.8 Å². The molecule has 0 radical (unpaired) electrons. The number of hydrogen-bond acceptors (Lipinski definition) is 6. The molecule has 1 amide bonds. The van der Waals surface area contributed by atoms with Crippen LogP contribution in [0.15, 0.2) is 99.4 Å². The Morgan fingerprint density at radius 2 is 1.82 bits per heavy atom. The number of nitrogens with zero attached hydrogens (tertiary/aromatic N) is 2. The second-order valence-electron chi connectivity index (χ2n) is 9.09. The molecule has 4 aromatic rings. The Kier molecular flexibility index (Phi) is 5.54. The summed E-state index contributed by atoms with van der Waals surface area (Å²) < 4.78 is 12.7. The van der Waals surface area contributed by atoms with E-state index >= 15 is 0 Å². The summed E-state index contributed by atoms with van der Waals surface area (Å²) in [5.74, 6) is 0.509. The highest BCUT2D eigenvalue weighted by Crippen LogP contribution is 2.52. The molecule has 6 nitrogen and oxygen atoms in total. The summed E-state index contributed by atoms with van der Waals surface area (Å²) in [5, 5.41) is 10.6. The third-order valence-electron chi connectivity index (χ3n) is 6.80. The number of hydrogen-bond donors (Lipinski definition) is 1. The molecule has 1 spiro atoms. The quantitative estimate of drug-likeness (QED) is 0.276. The zero-order valence-electron chi connectivity index (χ0n) is 19.7. The highest BCUT2D eigenvalue weighted by molar-refractivity contribution is 8.17. The maximum atomic E-state index is 12.9. The van der Waals surface area contributed by atoms with Gasteiger partial charge in [0.15, 0.2) is 0 Å². The number of amides is 1. The summed E-state index contributed by atoms with van der Waals surface area (Å²) in [6.07, 6.45) is 2.49. The molecule has 188 valence electrons. The summed E-state index contributed by atoms with van der Waals surface area (Å²) >= 11 is 13.7. The van der Waals surface area contributed by atoms with Gasteiger partial charge >= 0.3 is 5.85 Å². The van der Waals surface area contributed by atoms with Crippen molar-refractivity contribution in [3.05, 3.63) is 117 Å². The van der Waals surface area contributed by atoms with Gasteiger partial charge in [-0.15, -0.1) is 0 Å². The van der Waals surface area contributed by atoms with Crippen LogP contribution in [0.25, 0.3) is 17.4 Å². The fraction of sp³-hybridized carbons (Fsp3) is 0.103. The predicted octanol–water partition coefficient (Wildman–Crippen LogP) is 7.95. The first-order valence-corrected chi connectivity index (χ1v) is 13.6. The van der Waals surface area contributed by atoms with Gasteiger partial charge in [0, 0.05) is 17.5 Å². The first-order chi connectivity index (χ1) is 18.5. The van der Waals surface area contributed by atoms with E-state index in [0.717, 1.165) is 28.6 Å². The van der Waals surface area contributed by atoms with E-state index in [2.05, 4.69) is 5.32 Å². The van der Waals surface area contributed by atoms with E-state index in [1.807, 2.05) is 89.9 Å². The van der Waals surface area contributed by atoms with Crippen molar-refractivity contribution in [2.45, 2.75) is 18.3 Å². The molecular weight excluding hydrogens is 541 g/mol. The highest BCUT2D eigenvalue weighted by Gasteiger charge is 2.58. The van der Waals surface area contributed by atoms with Gasteiger partial charge in [-0.2, -0.15) is 5.10 Å². The summed E-state index contributed by atoms with van der Waals surface area (Å²) in [4.78, 5) is 13.5. The molecule has 0 aliphatic carbocycles. The fourth-order valence-electron chi connectivity index (χ4n) is 5.07. The van der Waals surface area contributed by atoms with Gasteiger partial charge in [-0.3, -0.25) is 10.1 Å². The smallest absolute Gasteiger partial charge is 0.314 e. The summed E-state index contributed by atoms with van der Waals surface area (Å²) in [7, 11) is 0. The van der Waals surface area contributed by atoms with Crippen molar-refractivity contribution >= 4 is 52.0 Å². The van der Waals surface area contributed by atoms with Gasteiger partial charge in [0.25, 0.3) is 5.24 Å². The van der Waals surface area contributed by atoms with Crippen LogP contribution in [0, 0.1) is 0 Å². The minimum atomic E-state index is -1.31. The van der Waals surface area contributed by atoms with Crippen LogP contribution >= 0.6 is 35.0 Å². The number of rotatable bonds is 3. The molecule has 3 aliphatic rings. The number of carbonyl (C=O) groups excluding carboxylic acids is 1. The van der Waals surface area contributed by atoms with E-state index < -0.39 is 5.85 Å². The summed E-state index contributed by atoms with van der Waals surface area (Å²) in [6.45, 7) is 0. The normalized spacial score (nSPS) is 22.7. The molecule has 3 aliphatic heterocycles. The lowest BCUT2D eigenvalue weighted by Crippen LogP contribution is -2.61. The Balaban J connectivity index is 1.33. The Hall–Kier alpha value is -3.65. The molecule has 0 bridgehead atoms. The average molecular weight is 560 g/mol. The second-order valence-corrected chi connectivity index (χ2v) is 10.9. The molecule has 1 fully saturated rings. The molecule has 1 saturated heterocycles. The first-order valence-electron chi connectivity index (χ1n) is 12.0. The number of carbonyl (C=O) groups is 1. The number of thioether (sulfide) groups is 1. The minimum absolute atomic E-state index is 0.116. The van der Waals surface area contributed by atoms with Crippen LogP contribution in [-0.2, 0) is 0 Å². The number of nitrogens with one attached hydrogen (secondary N) is 1. The molecule has 38 heavy (non-hydrogen) atoms. The molecule has 4 heterocycles. The predicted molar refractivity (Wildman–Crippen MR) is 150 cm³/mol. The molecule has 2 atom stereocenters. The van der Waals surface area contributed by atoms with Gasteiger partial charge in [-0.05, 0) is 53.7 Å². The molecule has 1 aromatic heterocycles. The zero-order chi connectivity index (χ0) is 25.9. The van der Waals surface area contributed by atoms with Gasteiger partial charge in [-0.1, -0.05) is 77.8 Å². The molecule has 2 unspecified atom stereocenters. The number of ether oxygens (including phenoxy) is 1. The van der Waals surface area contributed by atoms with Crippen LogP contribution < -0.4 is 10.1 Å². The number of para-hydroxylation sites is 1. The molecule has 7 rings (SSSR count). The van der Waals surface area contributed by atoms with E-state index in [4.69, 9.17) is 37.5 Å². The van der Waals surface area contributed by atoms with Crippen LogP contribution in [0.5, 0.6) is 5.75 Å². The van der Waals surface area contributed by atoms with Crippen molar-refractivity contribution in [2.75, 3.05) is 0 Å². The molecule has 3 aromatic carbocycles. The fourth-order valence-corrected chi connectivity index (χ4v) is 6.35. The summed E-state index contributed by atoms with van der Waals surface area (Å²) in [6, 6.07) is 26.9. The first kappa shape index (κ1) is 23.5. The van der Waals surface area contributed by atoms with Crippen LogP contribution in [0.2, 0.25) is 10.0 Å². The number of furan rings is 1. The summed E-state index contributed by atoms with van der Waals surface area (Å²) in [5.41, 5.74) is 3.67. The van der Waals surface area contributed by atoms with Crippen LogP contribution in [0.4, 0.5) is 4.79 Å². The SMILES string of the molecule is O=C1NC2(Oc3ccccc3C3CC(c4ccccc4)=NN32)/C(=C/c2ccc(-c3cccc(Cl)c3Cl)o2)S1. The van der Waals surface area contributed by atoms with E-state index in [0.29, 0.717) is 44.2 Å². The van der Waals surface area contributed by atoms with Crippen LogP contribution in [0.1, 0.15) is 29.3 Å². The Morgan fingerprint density at radius 3 is 2.68 bits per heavy atom. The minimum Gasteiger partial charge on any atom is -0.457 e. The number of benzene rings is 3. The average Bonchev–Trinajstić information content (AvgIpc) is 3.65. The van der Waals surface area contributed by atoms with Gasteiger partial charge in [0.2, 0.25) is 0 Å². The van der Waals surface area contributed by atoms with Gasteiger partial charge in [0.05, 0.1) is 26.7 Å². The topological polar surface area (TPSA) is 67.1 Å². The lowest BCUT2D eigenvalue weighted by atomic mass is 9.96. The monoisotopic (exact) mass is 559 g/mol. The van der Waals surface area contributed by atoms with Gasteiger partial charge < -0.3 is 9.15 Å². The number of fused-ring (bicyclic) bond motifs is 4. The standard InChI is InChI=1S/C29H19Cl2N3O3S/c30-21-11-6-10-20(27(21)31)24-14-13-18(36-24)15-26-29(32-28(35)38-26)34-23(19-9-4-5-12-25(19)37-29)16-22(33-34)17-7-2-1-3-8-17/h1-15,23H,16H2,(H,32,35)/b26-15-. The van der Waals surface area contributed by atoms with E-state index in [-0.39, 0.29) is 11.3 Å². The molecule has 1 N–H and O–H groups in total. The highest BCUT2D eigenvalue weighted by atomic mass is 35.5. The number of halogens is 2. The number of hydrazone groups is 1. The maximum absolute atomic E-state index is 12.9. The zero-order valence-corrected chi connectivity index (χ0v) is 22.1. The third-order valence-corrected chi connectivity index (χ3v) is 8.52. The Labute approximate surface area is 232 Å². The van der Waals surface area contributed by atoms with Crippen LogP contribution in [0.3, 0.4) is 0 Å². The van der Waals surface area contributed by atoms with E-state index in [9.17, 15) is 4.79 Å².